The molecule has 2 aromatic heterocycles. The molecule has 1 aliphatic rings. The number of hydrogen-bond donors (Lipinski definition) is 1. The van der Waals surface area contributed by atoms with Crippen molar-refractivity contribution in [2.24, 2.45) is 0 Å². The van der Waals surface area contributed by atoms with Crippen LogP contribution in [-0.2, 0) is 6.54 Å². The van der Waals surface area contributed by atoms with Crippen LogP contribution in [-0.4, -0.2) is 14.9 Å². The van der Waals surface area contributed by atoms with Crippen molar-refractivity contribution in [2.45, 2.75) is 31.8 Å². The monoisotopic (exact) mass is 229 g/mol. The maximum Gasteiger partial charge on any atom is 0.258 e. The van der Waals surface area contributed by atoms with Gasteiger partial charge in [-0.2, -0.15) is 0 Å². The highest BCUT2D eigenvalue weighted by Gasteiger charge is 2.36. The zero-order valence-electron chi connectivity index (χ0n) is 9.81. The SMILES string of the molecule is CC1(NCc2cc(=O)n3ccccc3n2)CC1. The Bertz CT molecular complexity index is 613. The van der Waals surface area contributed by atoms with E-state index in [1.54, 1.807) is 16.7 Å². The molecule has 0 spiro atoms. The number of rotatable bonds is 3. The first-order chi connectivity index (χ1) is 8.16. The summed E-state index contributed by atoms with van der Waals surface area (Å²) in [7, 11) is 0. The molecule has 0 aliphatic heterocycles. The van der Waals surface area contributed by atoms with Crippen LogP contribution in [0.2, 0.25) is 0 Å². The molecule has 2 aromatic rings. The Morgan fingerprint density at radius 2 is 2.29 bits per heavy atom. The first kappa shape index (κ1) is 10.5. The van der Waals surface area contributed by atoms with E-state index in [2.05, 4.69) is 17.2 Å². The molecule has 0 saturated heterocycles. The number of pyridine rings is 1. The van der Waals surface area contributed by atoms with E-state index in [0.717, 1.165) is 5.69 Å². The maximum atomic E-state index is 11.8. The second-order valence-corrected chi connectivity index (χ2v) is 4.93. The van der Waals surface area contributed by atoms with Gasteiger partial charge < -0.3 is 5.32 Å². The van der Waals surface area contributed by atoms with Gasteiger partial charge in [0.05, 0.1) is 5.69 Å². The van der Waals surface area contributed by atoms with Gasteiger partial charge in [-0.15, -0.1) is 0 Å². The normalized spacial score (nSPS) is 17.2. The zero-order chi connectivity index (χ0) is 11.9. The van der Waals surface area contributed by atoms with Gasteiger partial charge in [-0.1, -0.05) is 6.07 Å². The molecule has 1 N–H and O–H groups in total. The van der Waals surface area contributed by atoms with Gasteiger partial charge in [0.2, 0.25) is 0 Å². The molecule has 0 bridgehead atoms. The molecule has 4 heteroatoms. The van der Waals surface area contributed by atoms with Gasteiger partial charge in [-0.3, -0.25) is 9.20 Å². The van der Waals surface area contributed by atoms with E-state index in [-0.39, 0.29) is 11.1 Å². The lowest BCUT2D eigenvalue weighted by molar-refractivity contribution is 0.531. The first-order valence-corrected chi connectivity index (χ1v) is 5.89. The Morgan fingerprint density at radius 3 is 3.06 bits per heavy atom. The second kappa shape index (κ2) is 3.67. The van der Waals surface area contributed by atoms with Crippen molar-refractivity contribution < 1.29 is 0 Å². The van der Waals surface area contributed by atoms with Gasteiger partial charge >= 0.3 is 0 Å². The van der Waals surface area contributed by atoms with E-state index < -0.39 is 0 Å². The van der Waals surface area contributed by atoms with Crippen LogP contribution in [0.4, 0.5) is 0 Å². The van der Waals surface area contributed by atoms with E-state index in [0.29, 0.717) is 12.2 Å². The van der Waals surface area contributed by atoms with Crippen LogP contribution >= 0.6 is 0 Å². The molecule has 2 heterocycles. The number of hydrogen-bond acceptors (Lipinski definition) is 3. The number of fused-ring (bicyclic) bond motifs is 1. The molecular weight excluding hydrogens is 214 g/mol. The molecule has 88 valence electrons. The lowest BCUT2D eigenvalue weighted by Gasteiger charge is -2.10. The molecule has 1 saturated carbocycles. The summed E-state index contributed by atoms with van der Waals surface area (Å²) in [6.45, 7) is 2.86. The van der Waals surface area contributed by atoms with E-state index in [1.165, 1.54) is 12.8 Å². The molecule has 0 amide bonds. The van der Waals surface area contributed by atoms with Gasteiger partial charge in [-0.05, 0) is 31.9 Å². The summed E-state index contributed by atoms with van der Waals surface area (Å²) < 4.78 is 1.56. The van der Waals surface area contributed by atoms with Crippen LogP contribution in [0.1, 0.15) is 25.5 Å². The lowest BCUT2D eigenvalue weighted by atomic mass is 10.3. The highest BCUT2D eigenvalue weighted by molar-refractivity contribution is 5.38. The average molecular weight is 229 g/mol. The summed E-state index contributed by atoms with van der Waals surface area (Å²) in [5, 5.41) is 3.43. The van der Waals surface area contributed by atoms with E-state index >= 15 is 0 Å². The van der Waals surface area contributed by atoms with Crippen molar-refractivity contribution in [1.29, 1.82) is 0 Å². The smallest absolute Gasteiger partial charge is 0.258 e. The zero-order valence-corrected chi connectivity index (χ0v) is 9.81. The van der Waals surface area contributed by atoms with E-state index in [4.69, 9.17) is 0 Å². The third-order valence-electron chi connectivity index (χ3n) is 3.32. The summed E-state index contributed by atoms with van der Waals surface area (Å²) in [5.74, 6) is 0. The van der Waals surface area contributed by atoms with Crippen LogP contribution in [0.5, 0.6) is 0 Å². The summed E-state index contributed by atoms with van der Waals surface area (Å²) >= 11 is 0. The first-order valence-electron chi connectivity index (χ1n) is 5.89. The molecule has 4 nitrogen and oxygen atoms in total. The van der Waals surface area contributed by atoms with Gasteiger partial charge in [-0.25, -0.2) is 4.98 Å². The highest BCUT2D eigenvalue weighted by Crippen LogP contribution is 2.34. The molecule has 0 aromatic carbocycles. The van der Waals surface area contributed by atoms with Gasteiger partial charge in [0.1, 0.15) is 5.65 Å². The summed E-state index contributed by atoms with van der Waals surface area (Å²) in [5.41, 5.74) is 1.77. The molecule has 0 atom stereocenters. The van der Waals surface area contributed by atoms with Gasteiger partial charge in [0.15, 0.2) is 0 Å². The topological polar surface area (TPSA) is 46.4 Å². The third kappa shape index (κ3) is 2.08. The Kier molecular flexibility index (Phi) is 2.26. The quantitative estimate of drug-likeness (QED) is 0.863. The molecular formula is C13H15N3O. The van der Waals surface area contributed by atoms with E-state index in [9.17, 15) is 4.79 Å². The standard InChI is InChI=1S/C13H15N3O/c1-13(5-6-13)14-9-10-8-12(17)16-7-3-2-4-11(16)15-10/h2-4,7-8,14H,5-6,9H2,1H3. The van der Waals surface area contributed by atoms with Crippen LogP contribution in [0.25, 0.3) is 5.65 Å². The predicted octanol–water partition coefficient (Wildman–Crippen LogP) is 1.34. The Labute approximate surface area is 99.3 Å². The fraction of sp³-hybridized carbons (Fsp3) is 0.385. The molecule has 3 rings (SSSR count). The Morgan fingerprint density at radius 1 is 1.47 bits per heavy atom. The van der Waals surface area contributed by atoms with Crippen molar-refractivity contribution >= 4 is 5.65 Å². The van der Waals surface area contributed by atoms with Crippen LogP contribution in [0.15, 0.2) is 35.3 Å². The lowest BCUT2D eigenvalue weighted by Crippen LogP contribution is -2.28. The highest BCUT2D eigenvalue weighted by atomic mass is 16.1. The van der Waals surface area contributed by atoms with Gasteiger partial charge in [0.25, 0.3) is 5.56 Å². The summed E-state index contributed by atoms with van der Waals surface area (Å²) in [4.78, 5) is 16.3. The van der Waals surface area contributed by atoms with Crippen LogP contribution in [0, 0.1) is 0 Å². The van der Waals surface area contributed by atoms with Crippen molar-refractivity contribution in [3.05, 3.63) is 46.5 Å². The molecule has 1 fully saturated rings. The van der Waals surface area contributed by atoms with Crippen LogP contribution < -0.4 is 10.9 Å². The Hall–Kier alpha value is -1.68. The van der Waals surface area contributed by atoms with Gasteiger partial charge in [0, 0.05) is 24.3 Å². The largest absolute Gasteiger partial charge is 0.306 e. The number of nitrogens with zero attached hydrogens (tertiary/aromatic N) is 2. The fourth-order valence-corrected chi connectivity index (χ4v) is 1.86. The minimum absolute atomic E-state index is 0.0200. The Balaban J connectivity index is 1.92. The number of aromatic nitrogens is 2. The van der Waals surface area contributed by atoms with Crippen LogP contribution in [0.3, 0.4) is 0 Å². The number of nitrogens with one attached hydrogen (secondary N) is 1. The van der Waals surface area contributed by atoms with E-state index in [1.807, 2.05) is 18.2 Å². The summed E-state index contributed by atoms with van der Waals surface area (Å²) in [6, 6.07) is 7.18. The second-order valence-electron chi connectivity index (χ2n) is 4.93. The van der Waals surface area contributed by atoms with Crippen molar-refractivity contribution in [2.75, 3.05) is 0 Å². The van der Waals surface area contributed by atoms with Crippen molar-refractivity contribution in [3.8, 4) is 0 Å². The van der Waals surface area contributed by atoms with Crippen molar-refractivity contribution in [3.63, 3.8) is 0 Å². The average Bonchev–Trinajstić information content (AvgIpc) is 3.06. The predicted molar refractivity (Wildman–Crippen MR) is 65.9 cm³/mol. The summed E-state index contributed by atoms with van der Waals surface area (Å²) in [6.07, 6.45) is 4.16. The minimum atomic E-state index is -0.0200. The molecule has 0 unspecified atom stereocenters. The molecule has 0 radical (unpaired) electrons. The third-order valence-corrected chi connectivity index (χ3v) is 3.32. The van der Waals surface area contributed by atoms with Crippen molar-refractivity contribution in [1.82, 2.24) is 14.7 Å². The molecule has 1 aliphatic carbocycles. The maximum absolute atomic E-state index is 11.8. The molecule has 17 heavy (non-hydrogen) atoms. The fourth-order valence-electron chi connectivity index (χ4n) is 1.86. The minimum Gasteiger partial charge on any atom is -0.306 e.